The van der Waals surface area contributed by atoms with E-state index in [1.54, 1.807) is 0 Å². The average molecular weight is 454 g/mol. The Hall–Kier alpha value is -2.06. The van der Waals surface area contributed by atoms with E-state index in [0.717, 1.165) is 25.7 Å². The van der Waals surface area contributed by atoms with Crippen molar-refractivity contribution in [3.05, 3.63) is 34.9 Å². The summed E-state index contributed by atoms with van der Waals surface area (Å²) in [5, 5.41) is 11.4. The van der Waals surface area contributed by atoms with Crippen LogP contribution in [0.1, 0.15) is 66.7 Å². The summed E-state index contributed by atoms with van der Waals surface area (Å²) in [6.45, 7) is 10.00. The van der Waals surface area contributed by atoms with Crippen molar-refractivity contribution in [1.82, 2.24) is 10.7 Å². The monoisotopic (exact) mass is 453 g/mol. The molecule has 0 saturated heterocycles. The van der Waals surface area contributed by atoms with Crippen molar-refractivity contribution in [2.24, 2.45) is 11.8 Å². The molecule has 2 atom stereocenters. The summed E-state index contributed by atoms with van der Waals surface area (Å²) in [5.41, 5.74) is 6.08. The number of carboxylic acid groups (broad SMARTS) is 1. The van der Waals surface area contributed by atoms with Crippen LogP contribution in [0, 0.1) is 5.92 Å². The Morgan fingerprint density at radius 1 is 0.968 bits per heavy atom. The highest BCUT2D eigenvalue weighted by molar-refractivity contribution is 7.99. The molecule has 0 saturated carbocycles. The van der Waals surface area contributed by atoms with Crippen LogP contribution in [-0.2, 0) is 14.4 Å². The van der Waals surface area contributed by atoms with Crippen molar-refractivity contribution in [2.75, 3.05) is 11.5 Å². The summed E-state index contributed by atoms with van der Waals surface area (Å²) >= 11 is 1.51. The smallest absolute Gasteiger partial charge is 0.304 e. The number of carboxylic acids is 1. The highest BCUT2D eigenvalue weighted by Crippen LogP contribution is 2.13. The number of hydrazine groups is 1. The van der Waals surface area contributed by atoms with Crippen molar-refractivity contribution >= 4 is 29.5 Å². The molecule has 176 valence electrons. The Balaban J connectivity index is 4.43. The first-order valence-electron chi connectivity index (χ1n) is 10.6. The van der Waals surface area contributed by atoms with E-state index in [-0.39, 0.29) is 6.42 Å². The number of nitrogens with one attached hydrogen (secondary N) is 2. The maximum absolute atomic E-state index is 12.1. The summed E-state index contributed by atoms with van der Waals surface area (Å²) in [4.78, 5) is 34.8. The summed E-state index contributed by atoms with van der Waals surface area (Å²) in [7, 11) is 0. The van der Waals surface area contributed by atoms with E-state index in [1.165, 1.54) is 35.4 Å². The van der Waals surface area contributed by atoms with Crippen LogP contribution in [0.4, 0.5) is 0 Å². The van der Waals surface area contributed by atoms with Gasteiger partial charge < -0.3 is 10.4 Å². The Bertz CT molecular complexity index is 682. The second kappa shape index (κ2) is 16.6. The number of rotatable bonds is 15. The van der Waals surface area contributed by atoms with Crippen molar-refractivity contribution in [3.8, 4) is 0 Å². The molecule has 0 fully saturated rings. The molecule has 0 aromatic carbocycles. The fraction of sp³-hybridized carbons (Fsp3) is 0.609. The molecule has 0 aliphatic carbocycles. The van der Waals surface area contributed by atoms with Crippen LogP contribution in [-0.4, -0.2) is 40.4 Å². The quantitative estimate of drug-likeness (QED) is 0.0985. The minimum absolute atomic E-state index is 0.291. The van der Waals surface area contributed by atoms with Crippen molar-refractivity contribution < 1.29 is 19.5 Å². The number of aliphatic carboxylic acids is 1. The molecule has 1 unspecified atom stereocenters. The molecular weight excluding hydrogens is 414 g/mol. The number of hydrogen-bond donors (Lipinski definition) is 4. The van der Waals surface area contributed by atoms with E-state index >= 15 is 0 Å². The first kappa shape index (κ1) is 28.9. The zero-order chi connectivity index (χ0) is 23.8. The number of nitrogens with two attached hydrogens (primary N) is 1. The van der Waals surface area contributed by atoms with E-state index in [9.17, 15) is 14.4 Å². The standard InChI is InChI=1S/C23H39N3O4S/c1-16(2)8-6-9-17(3)10-7-11-18(4)12-13-31-15-20(23(30)26-24)25-22(29)19(5)14-21(27)28/h8,10,12,19-20H,6-7,9,11,13-15,24H2,1-5H3,(H,25,29)(H,26,30)(H,27,28)/b17-10+,18-12+/t19?,20-/m0/s1. The van der Waals surface area contributed by atoms with Gasteiger partial charge in [0.15, 0.2) is 0 Å². The third-order valence-electron chi connectivity index (χ3n) is 4.66. The molecule has 31 heavy (non-hydrogen) atoms. The molecule has 0 aromatic rings. The van der Waals surface area contributed by atoms with Gasteiger partial charge in [-0.15, -0.1) is 0 Å². The third kappa shape index (κ3) is 15.4. The van der Waals surface area contributed by atoms with Gasteiger partial charge in [0, 0.05) is 17.4 Å². The van der Waals surface area contributed by atoms with E-state index in [4.69, 9.17) is 10.9 Å². The number of carbonyl (C=O) groups is 3. The lowest BCUT2D eigenvalue weighted by Crippen LogP contribution is -2.51. The second-order valence-corrected chi connectivity index (χ2v) is 9.14. The molecule has 8 heteroatoms. The zero-order valence-corrected chi connectivity index (χ0v) is 20.3. The first-order chi connectivity index (χ1) is 14.6. The zero-order valence-electron chi connectivity index (χ0n) is 19.5. The van der Waals surface area contributed by atoms with Crippen LogP contribution in [0.3, 0.4) is 0 Å². The van der Waals surface area contributed by atoms with Gasteiger partial charge in [-0.2, -0.15) is 11.8 Å². The molecule has 0 rings (SSSR count). The van der Waals surface area contributed by atoms with E-state index < -0.39 is 29.7 Å². The molecule has 0 aliphatic heterocycles. The maximum Gasteiger partial charge on any atom is 0.304 e. The lowest BCUT2D eigenvalue weighted by molar-refractivity contribution is -0.141. The van der Waals surface area contributed by atoms with Gasteiger partial charge in [0.05, 0.1) is 6.42 Å². The highest BCUT2D eigenvalue weighted by atomic mass is 32.2. The number of amides is 2. The molecule has 0 bridgehead atoms. The number of allylic oxidation sites excluding steroid dienone is 5. The van der Waals surface area contributed by atoms with Gasteiger partial charge in [-0.3, -0.25) is 19.8 Å². The van der Waals surface area contributed by atoms with Gasteiger partial charge in [0.25, 0.3) is 5.91 Å². The number of hydrogen-bond acceptors (Lipinski definition) is 5. The topological polar surface area (TPSA) is 122 Å². The van der Waals surface area contributed by atoms with Crippen molar-refractivity contribution in [1.29, 1.82) is 0 Å². The Labute approximate surface area is 191 Å². The third-order valence-corrected chi connectivity index (χ3v) is 5.63. The molecule has 0 aromatic heterocycles. The SMILES string of the molecule is CC(C)=CCC/C(C)=C/CC/C(C)=C/CSC[C@H](NC(=O)C(C)CC(=O)O)C(=O)NN. The molecule has 2 amide bonds. The lowest BCUT2D eigenvalue weighted by Gasteiger charge is -2.18. The van der Waals surface area contributed by atoms with Gasteiger partial charge in [0.1, 0.15) is 6.04 Å². The predicted molar refractivity (Wildman–Crippen MR) is 128 cm³/mol. The van der Waals surface area contributed by atoms with Crippen molar-refractivity contribution in [3.63, 3.8) is 0 Å². The predicted octanol–water partition coefficient (Wildman–Crippen LogP) is 3.72. The molecule has 5 N–H and O–H groups in total. The van der Waals surface area contributed by atoms with Crippen LogP contribution in [0.25, 0.3) is 0 Å². The molecular formula is C23H39N3O4S. The summed E-state index contributed by atoms with van der Waals surface area (Å²) < 4.78 is 0. The van der Waals surface area contributed by atoms with Gasteiger partial charge in [0.2, 0.25) is 5.91 Å². The lowest BCUT2D eigenvalue weighted by atomic mass is 10.1. The van der Waals surface area contributed by atoms with Crippen LogP contribution < -0.4 is 16.6 Å². The van der Waals surface area contributed by atoms with Crippen LogP contribution in [0.2, 0.25) is 0 Å². The van der Waals surface area contributed by atoms with Crippen molar-refractivity contribution in [2.45, 2.75) is 72.8 Å². The Kier molecular flexibility index (Phi) is 15.5. The number of thioether (sulfide) groups is 1. The van der Waals surface area contributed by atoms with Gasteiger partial charge in [-0.1, -0.05) is 41.9 Å². The second-order valence-electron chi connectivity index (χ2n) is 8.07. The van der Waals surface area contributed by atoms with Crippen LogP contribution in [0.15, 0.2) is 34.9 Å². The van der Waals surface area contributed by atoms with E-state index in [0.29, 0.717) is 11.5 Å². The van der Waals surface area contributed by atoms with Gasteiger partial charge in [-0.05, 0) is 53.4 Å². The van der Waals surface area contributed by atoms with Crippen LogP contribution >= 0.6 is 11.8 Å². The van der Waals surface area contributed by atoms with E-state index in [2.05, 4.69) is 56.7 Å². The minimum atomic E-state index is -1.06. The summed E-state index contributed by atoms with van der Waals surface area (Å²) in [5.74, 6) is 3.50. The fourth-order valence-electron chi connectivity index (χ4n) is 2.68. The molecule has 0 aliphatic rings. The summed E-state index contributed by atoms with van der Waals surface area (Å²) in [6, 6.07) is -0.807. The first-order valence-corrected chi connectivity index (χ1v) is 11.8. The van der Waals surface area contributed by atoms with Crippen LogP contribution in [0.5, 0.6) is 0 Å². The van der Waals surface area contributed by atoms with Gasteiger partial charge in [-0.25, -0.2) is 5.84 Å². The Morgan fingerprint density at radius 3 is 2.10 bits per heavy atom. The maximum atomic E-state index is 12.1. The normalized spacial score (nSPS) is 13.9. The summed E-state index contributed by atoms with van der Waals surface area (Å²) in [6.07, 6.45) is 10.5. The molecule has 0 radical (unpaired) electrons. The largest absolute Gasteiger partial charge is 0.481 e. The Morgan fingerprint density at radius 2 is 1.55 bits per heavy atom. The van der Waals surface area contributed by atoms with E-state index in [1.807, 2.05) is 0 Å². The fourth-order valence-corrected chi connectivity index (χ4v) is 3.69. The average Bonchev–Trinajstić information content (AvgIpc) is 2.68. The molecule has 0 spiro atoms. The molecule has 0 heterocycles. The van der Waals surface area contributed by atoms with Gasteiger partial charge >= 0.3 is 5.97 Å². The molecule has 7 nitrogen and oxygen atoms in total. The highest BCUT2D eigenvalue weighted by Gasteiger charge is 2.24. The minimum Gasteiger partial charge on any atom is -0.481 e. The number of carbonyl (C=O) groups excluding carboxylic acids is 2.